The van der Waals surface area contributed by atoms with Gasteiger partial charge in [-0.05, 0) is 69.2 Å². The van der Waals surface area contributed by atoms with Crippen molar-refractivity contribution in [2.75, 3.05) is 26.4 Å². The van der Waals surface area contributed by atoms with E-state index in [1.54, 1.807) is 34.6 Å². The molecule has 9 nitrogen and oxygen atoms in total. The Hall–Kier alpha value is -0.520. The van der Waals surface area contributed by atoms with Crippen LogP contribution in [0.25, 0.3) is 0 Å². The van der Waals surface area contributed by atoms with Crippen LogP contribution in [0.15, 0.2) is 0 Å². The van der Waals surface area contributed by atoms with Gasteiger partial charge < -0.3 is 33.2 Å². The number of ether oxygens (including phenoxy) is 7. The third kappa shape index (κ3) is 22.0. The van der Waals surface area contributed by atoms with E-state index in [4.69, 9.17) is 33.2 Å². The van der Waals surface area contributed by atoms with Gasteiger partial charge in [0.1, 0.15) is 13.2 Å². The Kier molecular flexibility index (Phi) is 24.7. The van der Waals surface area contributed by atoms with Gasteiger partial charge in [0.05, 0.1) is 43.7 Å². The van der Waals surface area contributed by atoms with Gasteiger partial charge in [0.15, 0.2) is 11.6 Å². The Morgan fingerprint density at radius 3 is 1.59 bits per heavy atom. The van der Waals surface area contributed by atoms with Crippen LogP contribution in [0.2, 0.25) is 0 Å². The van der Waals surface area contributed by atoms with Crippen molar-refractivity contribution in [3.8, 4) is 0 Å². The minimum Gasteiger partial charge on any atom is -0.516 e. The molecule has 0 aromatic carbocycles. The number of carbonyl (C=O) groups is 2. The van der Waals surface area contributed by atoms with Crippen LogP contribution in [-0.4, -0.2) is 80.6 Å². The van der Waals surface area contributed by atoms with Gasteiger partial charge >= 0.3 is 5.97 Å². The number of esters is 2. The van der Waals surface area contributed by atoms with Crippen LogP contribution in [0.1, 0.15) is 90.0 Å². The van der Waals surface area contributed by atoms with E-state index in [1.165, 1.54) is 0 Å². The van der Waals surface area contributed by atoms with E-state index in [0.717, 1.165) is 0 Å². The summed E-state index contributed by atoms with van der Waals surface area (Å²) in [6.07, 6.45) is -0.865. The zero-order valence-electron chi connectivity index (χ0n) is 25.5. The summed E-state index contributed by atoms with van der Waals surface area (Å²) in [5, 5.41) is 0. The Bertz CT molecular complexity index is 584. The van der Waals surface area contributed by atoms with Crippen LogP contribution in [0.4, 0.5) is 0 Å². The second kappa shape index (κ2) is 22.3. The first kappa shape index (κ1) is 41.0. The summed E-state index contributed by atoms with van der Waals surface area (Å²) in [5.41, 5.74) is -1.13. The average molecular weight is 700 g/mol. The summed E-state index contributed by atoms with van der Waals surface area (Å²) in [4.78, 5) is 24.5. The van der Waals surface area contributed by atoms with Crippen molar-refractivity contribution in [3.05, 3.63) is 6.10 Å². The predicted molar refractivity (Wildman–Crippen MR) is 140 cm³/mol. The summed E-state index contributed by atoms with van der Waals surface area (Å²) in [5.74, 6) is -0.997. The molecule has 0 rings (SSSR count). The average Bonchev–Trinajstić information content (AvgIpc) is 2.75. The van der Waals surface area contributed by atoms with Crippen LogP contribution in [0.5, 0.6) is 0 Å². The van der Waals surface area contributed by atoms with E-state index in [9.17, 15) is 9.59 Å². The Labute approximate surface area is 244 Å². The molecule has 10 heteroatoms. The molecule has 0 heterocycles. The van der Waals surface area contributed by atoms with Gasteiger partial charge in [-0.15, -0.1) is 6.92 Å². The monoisotopic (exact) mass is 701 g/mol. The molecule has 0 fully saturated rings. The quantitative estimate of drug-likeness (QED) is 0.113. The fourth-order valence-corrected chi connectivity index (χ4v) is 3.04. The number of hydrogen-bond donors (Lipinski definition) is 0. The molecule has 0 N–H and O–H groups in total. The molecule has 0 radical (unpaired) electrons. The molecule has 0 aromatic rings. The third-order valence-corrected chi connectivity index (χ3v) is 4.27. The molecule has 0 saturated carbocycles. The fourth-order valence-electron chi connectivity index (χ4n) is 3.04. The SMILES string of the molecule is CC.C[C-](OC(C)COCC(C)OC(C)(C)C(=O)OCC(C)OC(C)C)C(=O)OCC(C)OC(C)C.[Hf]. The maximum Gasteiger partial charge on any atom is 0.337 e. The molecule has 0 saturated heterocycles. The minimum atomic E-state index is -1.13. The van der Waals surface area contributed by atoms with E-state index in [-0.39, 0.29) is 95.0 Å². The van der Waals surface area contributed by atoms with Gasteiger partial charge in [0.2, 0.25) is 0 Å². The standard InChI is InChI=1S/C25H47O9.C2H6.Hf/c1-16(2)31-19(6)14-29-23(26)22(9)33-18(5)12-28-13-21(8)34-25(10,11)24(27)30-15-20(7)32-17(3)4;1-2;/h16-21H,12-15H2,1-11H3;1-2H3;/q-1;;. The number of carbonyl (C=O) groups excluding carboxylic acids is 2. The third-order valence-electron chi connectivity index (χ3n) is 4.27. The summed E-state index contributed by atoms with van der Waals surface area (Å²) >= 11 is 0. The molecule has 0 bridgehead atoms. The molecule has 0 aliphatic carbocycles. The second-order valence-electron chi connectivity index (χ2n) is 9.65. The van der Waals surface area contributed by atoms with Gasteiger partial charge in [-0.25, -0.2) is 4.79 Å². The number of hydrogen-bond acceptors (Lipinski definition) is 9. The Morgan fingerprint density at radius 2 is 1.14 bits per heavy atom. The van der Waals surface area contributed by atoms with Crippen molar-refractivity contribution < 1.29 is 68.6 Å². The van der Waals surface area contributed by atoms with Crippen LogP contribution >= 0.6 is 0 Å². The molecule has 0 aromatic heterocycles. The van der Waals surface area contributed by atoms with Crippen molar-refractivity contribution in [2.24, 2.45) is 0 Å². The van der Waals surface area contributed by atoms with Crippen molar-refractivity contribution in [2.45, 2.75) is 132 Å². The van der Waals surface area contributed by atoms with Crippen LogP contribution in [0, 0.1) is 6.10 Å². The zero-order chi connectivity index (χ0) is 28.5. The van der Waals surface area contributed by atoms with E-state index in [0.29, 0.717) is 0 Å². The first-order valence-electron chi connectivity index (χ1n) is 13.0. The molecule has 0 amide bonds. The summed E-state index contributed by atoms with van der Waals surface area (Å²) < 4.78 is 38.7. The molecule has 4 unspecified atom stereocenters. The summed E-state index contributed by atoms with van der Waals surface area (Å²) in [7, 11) is 0. The van der Waals surface area contributed by atoms with Crippen LogP contribution in [0.3, 0.4) is 0 Å². The van der Waals surface area contributed by atoms with Gasteiger partial charge in [0.25, 0.3) is 0 Å². The molecule has 37 heavy (non-hydrogen) atoms. The van der Waals surface area contributed by atoms with Gasteiger partial charge in [-0.1, -0.05) is 13.8 Å². The van der Waals surface area contributed by atoms with E-state index < -0.39 is 17.5 Å². The minimum absolute atomic E-state index is 0. The predicted octanol–water partition coefficient (Wildman–Crippen LogP) is 4.88. The Balaban J connectivity index is -0.00000375. The van der Waals surface area contributed by atoms with E-state index >= 15 is 0 Å². The maximum atomic E-state index is 12.4. The van der Waals surface area contributed by atoms with Crippen molar-refractivity contribution in [1.29, 1.82) is 0 Å². The van der Waals surface area contributed by atoms with Crippen molar-refractivity contribution >= 4 is 11.9 Å². The van der Waals surface area contributed by atoms with Crippen LogP contribution < -0.4 is 0 Å². The molecule has 220 valence electrons. The molecule has 4 atom stereocenters. The van der Waals surface area contributed by atoms with Crippen LogP contribution in [-0.2, 0) is 68.6 Å². The first-order chi connectivity index (χ1) is 16.6. The largest absolute Gasteiger partial charge is 0.516 e. The van der Waals surface area contributed by atoms with Crippen molar-refractivity contribution in [3.63, 3.8) is 0 Å². The van der Waals surface area contributed by atoms with Gasteiger partial charge in [-0.3, -0.25) is 4.79 Å². The van der Waals surface area contributed by atoms with Crippen molar-refractivity contribution in [1.82, 2.24) is 0 Å². The summed E-state index contributed by atoms with van der Waals surface area (Å²) in [6, 6.07) is 0. The zero-order valence-corrected chi connectivity index (χ0v) is 29.1. The summed E-state index contributed by atoms with van der Waals surface area (Å²) in [6.45, 7) is 24.6. The van der Waals surface area contributed by atoms with Gasteiger partial charge in [0, 0.05) is 31.9 Å². The number of rotatable bonds is 18. The molecule has 0 spiro atoms. The molecular weight excluding hydrogens is 647 g/mol. The normalized spacial score (nSPS) is 14.6. The molecular formula is C27H53HfO9-. The molecule has 0 aliphatic rings. The van der Waals surface area contributed by atoms with E-state index in [1.807, 2.05) is 55.4 Å². The van der Waals surface area contributed by atoms with Gasteiger partial charge in [-0.2, -0.15) is 6.10 Å². The Morgan fingerprint density at radius 1 is 0.703 bits per heavy atom. The fraction of sp³-hybridized carbons (Fsp3) is 0.889. The van der Waals surface area contributed by atoms with E-state index in [2.05, 4.69) is 0 Å². The first-order valence-corrected chi connectivity index (χ1v) is 13.0. The smallest absolute Gasteiger partial charge is 0.337 e. The topological polar surface area (TPSA) is 98.8 Å². The second-order valence-corrected chi connectivity index (χ2v) is 9.65. The maximum absolute atomic E-state index is 12.4. The molecule has 0 aliphatic heterocycles.